The van der Waals surface area contributed by atoms with E-state index in [0.29, 0.717) is 30.7 Å². The molecule has 0 aromatic heterocycles. The highest BCUT2D eigenvalue weighted by atomic mass is 32.2. The van der Waals surface area contributed by atoms with Gasteiger partial charge < -0.3 is 42.7 Å². The molecule has 0 heterocycles. The number of nitrogens with two attached hydrogens (primary N) is 2. The standard InChI is InChI=1S/C23H37N5O7S/c1-36-11-9-18(23(34)35)27-21(32)17(4-2-3-10-24)26-22(33)19(28-20(31)16(25)13-29)12-14-5-7-15(30)8-6-14/h5-8,16-19,29-30H,2-4,9-13,24-25H2,1H3,(H,26,33)(H,27,32)(H,28,31)(H,34,35). The lowest BCUT2D eigenvalue weighted by atomic mass is 10.0. The molecule has 202 valence electrons. The van der Waals surface area contributed by atoms with Gasteiger partial charge in [0.15, 0.2) is 0 Å². The number of carboxylic acids is 1. The molecule has 0 saturated heterocycles. The summed E-state index contributed by atoms with van der Waals surface area (Å²) in [6.07, 6.45) is 3.35. The van der Waals surface area contributed by atoms with Crippen LogP contribution in [0, 0.1) is 0 Å². The molecule has 1 aromatic rings. The Morgan fingerprint density at radius 1 is 0.917 bits per heavy atom. The molecule has 0 aliphatic rings. The van der Waals surface area contributed by atoms with Gasteiger partial charge in [-0.3, -0.25) is 14.4 Å². The Morgan fingerprint density at radius 3 is 2.06 bits per heavy atom. The Bertz CT molecular complexity index is 856. The SMILES string of the molecule is CSCCC(NC(=O)C(CCCCN)NC(=O)C(Cc1ccc(O)cc1)NC(=O)C(N)CO)C(=O)O. The number of aliphatic hydroxyl groups excluding tert-OH is 1. The van der Waals surface area contributed by atoms with Crippen LogP contribution < -0.4 is 27.4 Å². The first-order valence-electron chi connectivity index (χ1n) is 11.6. The third-order valence-electron chi connectivity index (χ3n) is 5.35. The highest BCUT2D eigenvalue weighted by Gasteiger charge is 2.30. The first kappa shape index (κ1) is 31.2. The van der Waals surface area contributed by atoms with E-state index in [4.69, 9.17) is 11.5 Å². The van der Waals surface area contributed by atoms with E-state index in [1.54, 1.807) is 12.1 Å². The van der Waals surface area contributed by atoms with Gasteiger partial charge in [-0.2, -0.15) is 11.8 Å². The van der Waals surface area contributed by atoms with Crippen LogP contribution in [0.25, 0.3) is 0 Å². The van der Waals surface area contributed by atoms with Crippen LogP contribution in [-0.4, -0.2) is 88.3 Å². The Hall–Kier alpha value is -2.87. The number of carboxylic acid groups (broad SMARTS) is 1. The third-order valence-corrected chi connectivity index (χ3v) is 5.99. The monoisotopic (exact) mass is 527 g/mol. The smallest absolute Gasteiger partial charge is 0.326 e. The number of aromatic hydroxyl groups is 1. The number of hydrogen-bond acceptors (Lipinski definition) is 9. The summed E-state index contributed by atoms with van der Waals surface area (Å²) >= 11 is 1.44. The van der Waals surface area contributed by atoms with Gasteiger partial charge in [0.25, 0.3) is 0 Å². The number of carbonyl (C=O) groups is 4. The van der Waals surface area contributed by atoms with E-state index in [9.17, 15) is 34.5 Å². The van der Waals surface area contributed by atoms with E-state index in [-0.39, 0.29) is 25.0 Å². The topological polar surface area (TPSA) is 217 Å². The maximum atomic E-state index is 13.2. The van der Waals surface area contributed by atoms with E-state index in [1.165, 1.54) is 23.9 Å². The number of rotatable bonds is 17. The summed E-state index contributed by atoms with van der Waals surface area (Å²) in [5.41, 5.74) is 11.7. The van der Waals surface area contributed by atoms with Gasteiger partial charge in [0.2, 0.25) is 17.7 Å². The molecule has 0 saturated carbocycles. The molecule has 0 aliphatic heterocycles. The zero-order valence-electron chi connectivity index (χ0n) is 20.3. The number of nitrogens with one attached hydrogen (secondary N) is 3. The average molecular weight is 528 g/mol. The molecular weight excluding hydrogens is 490 g/mol. The molecule has 36 heavy (non-hydrogen) atoms. The molecule has 4 unspecified atom stereocenters. The first-order valence-corrected chi connectivity index (χ1v) is 13.0. The number of benzene rings is 1. The molecule has 0 radical (unpaired) electrons. The van der Waals surface area contributed by atoms with Gasteiger partial charge in [-0.1, -0.05) is 12.1 Å². The minimum atomic E-state index is -1.25. The van der Waals surface area contributed by atoms with Crippen LogP contribution in [0.4, 0.5) is 0 Å². The maximum Gasteiger partial charge on any atom is 0.326 e. The van der Waals surface area contributed by atoms with E-state index in [0.717, 1.165) is 0 Å². The Labute approximate surface area is 214 Å². The average Bonchev–Trinajstić information content (AvgIpc) is 2.85. The number of phenols is 1. The summed E-state index contributed by atoms with van der Waals surface area (Å²) in [5, 5.41) is 35.7. The van der Waals surface area contributed by atoms with Crippen LogP contribution in [0.15, 0.2) is 24.3 Å². The highest BCUT2D eigenvalue weighted by Crippen LogP contribution is 2.12. The molecule has 1 rings (SSSR count). The molecule has 1 aromatic carbocycles. The van der Waals surface area contributed by atoms with E-state index < -0.39 is 54.5 Å². The normalized spacial score (nSPS) is 14.2. The van der Waals surface area contributed by atoms with Gasteiger partial charge in [-0.15, -0.1) is 0 Å². The van der Waals surface area contributed by atoms with Crippen molar-refractivity contribution in [3.05, 3.63) is 29.8 Å². The van der Waals surface area contributed by atoms with Crippen molar-refractivity contribution in [3.8, 4) is 5.75 Å². The minimum Gasteiger partial charge on any atom is -0.508 e. The largest absolute Gasteiger partial charge is 0.508 e. The lowest BCUT2D eigenvalue weighted by molar-refractivity contribution is -0.142. The van der Waals surface area contributed by atoms with Crippen molar-refractivity contribution in [2.75, 3.05) is 25.2 Å². The second-order valence-corrected chi connectivity index (χ2v) is 9.23. The number of hydrogen-bond donors (Lipinski definition) is 8. The lowest BCUT2D eigenvalue weighted by Crippen LogP contribution is -2.58. The van der Waals surface area contributed by atoms with Crippen molar-refractivity contribution < 1.29 is 34.5 Å². The maximum absolute atomic E-state index is 13.2. The van der Waals surface area contributed by atoms with Gasteiger partial charge >= 0.3 is 5.97 Å². The summed E-state index contributed by atoms with van der Waals surface area (Å²) in [5.74, 6) is -2.74. The third kappa shape index (κ3) is 11.2. The molecule has 12 nitrogen and oxygen atoms in total. The van der Waals surface area contributed by atoms with Crippen LogP contribution >= 0.6 is 11.8 Å². The molecule has 10 N–H and O–H groups in total. The summed E-state index contributed by atoms with van der Waals surface area (Å²) in [4.78, 5) is 50.0. The number of carbonyl (C=O) groups excluding carboxylic acids is 3. The van der Waals surface area contributed by atoms with Gasteiger partial charge in [0.1, 0.15) is 29.9 Å². The van der Waals surface area contributed by atoms with Crippen molar-refractivity contribution in [1.82, 2.24) is 16.0 Å². The van der Waals surface area contributed by atoms with Crippen molar-refractivity contribution in [2.24, 2.45) is 11.5 Å². The number of aliphatic carboxylic acids is 1. The Morgan fingerprint density at radius 2 is 1.50 bits per heavy atom. The van der Waals surface area contributed by atoms with Crippen molar-refractivity contribution in [3.63, 3.8) is 0 Å². The van der Waals surface area contributed by atoms with Gasteiger partial charge in [-0.25, -0.2) is 4.79 Å². The summed E-state index contributed by atoms with van der Waals surface area (Å²) in [6.45, 7) is -0.248. The van der Waals surface area contributed by atoms with E-state index >= 15 is 0 Å². The lowest BCUT2D eigenvalue weighted by Gasteiger charge is -2.25. The van der Waals surface area contributed by atoms with Crippen LogP contribution in [-0.2, 0) is 25.6 Å². The molecule has 0 fully saturated rings. The van der Waals surface area contributed by atoms with Crippen LogP contribution in [0.1, 0.15) is 31.2 Å². The number of phenolic OH excluding ortho intramolecular Hbond substituents is 1. The predicted octanol–water partition coefficient (Wildman–Crippen LogP) is -1.32. The summed E-state index contributed by atoms with van der Waals surface area (Å²) < 4.78 is 0. The van der Waals surface area contributed by atoms with Crippen LogP contribution in [0.3, 0.4) is 0 Å². The first-order chi connectivity index (χ1) is 17.1. The minimum absolute atomic E-state index is 0.0125. The van der Waals surface area contributed by atoms with Crippen LogP contribution in [0.5, 0.6) is 5.75 Å². The fourth-order valence-corrected chi connectivity index (χ4v) is 3.71. The second kappa shape index (κ2) is 16.7. The van der Waals surface area contributed by atoms with Gasteiger partial charge in [-0.05, 0) is 61.9 Å². The van der Waals surface area contributed by atoms with Crippen molar-refractivity contribution in [2.45, 2.75) is 56.3 Å². The van der Waals surface area contributed by atoms with E-state index in [1.807, 2.05) is 6.26 Å². The van der Waals surface area contributed by atoms with E-state index in [2.05, 4.69) is 16.0 Å². The molecule has 3 amide bonds. The summed E-state index contributed by atoms with van der Waals surface area (Å²) in [7, 11) is 0. The van der Waals surface area contributed by atoms with Crippen LogP contribution in [0.2, 0.25) is 0 Å². The molecule has 4 atom stereocenters. The fourth-order valence-electron chi connectivity index (χ4n) is 3.24. The Balaban J connectivity index is 3.08. The summed E-state index contributed by atoms with van der Waals surface area (Å²) in [6, 6.07) is 1.41. The van der Waals surface area contributed by atoms with Gasteiger partial charge in [0, 0.05) is 6.42 Å². The number of thioether (sulfide) groups is 1. The quantitative estimate of drug-likeness (QED) is 0.112. The number of aliphatic hydroxyl groups is 1. The molecule has 0 spiro atoms. The predicted molar refractivity (Wildman–Crippen MR) is 136 cm³/mol. The zero-order valence-corrected chi connectivity index (χ0v) is 21.1. The zero-order chi connectivity index (χ0) is 27.1. The van der Waals surface area contributed by atoms with Crippen molar-refractivity contribution in [1.29, 1.82) is 0 Å². The molecular formula is C23H37N5O7S. The number of amides is 3. The number of unbranched alkanes of at least 4 members (excludes halogenated alkanes) is 1. The van der Waals surface area contributed by atoms with Gasteiger partial charge in [0.05, 0.1) is 6.61 Å². The second-order valence-electron chi connectivity index (χ2n) is 8.25. The Kier molecular flexibility index (Phi) is 14.5. The molecule has 0 aliphatic carbocycles. The highest BCUT2D eigenvalue weighted by molar-refractivity contribution is 7.98. The molecule has 0 bridgehead atoms. The van der Waals surface area contributed by atoms with Crippen molar-refractivity contribution >= 4 is 35.5 Å². The molecule has 13 heteroatoms. The fraction of sp³-hybridized carbons (Fsp3) is 0.565.